The lowest BCUT2D eigenvalue weighted by Crippen LogP contribution is -2.47. The van der Waals surface area contributed by atoms with Crippen LogP contribution in [0.15, 0.2) is 39.9 Å². The lowest BCUT2D eigenvalue weighted by molar-refractivity contribution is 0.125. The van der Waals surface area contributed by atoms with E-state index in [9.17, 15) is 13.6 Å². The highest BCUT2D eigenvalue weighted by molar-refractivity contribution is 5.81. The minimum atomic E-state index is -2.59. The van der Waals surface area contributed by atoms with E-state index in [4.69, 9.17) is 4.42 Å². The Morgan fingerprint density at radius 2 is 1.97 bits per heavy atom. The predicted molar refractivity (Wildman–Crippen MR) is 106 cm³/mol. The second-order valence-corrected chi connectivity index (χ2v) is 7.22. The maximum absolute atomic E-state index is 12.6. The van der Waals surface area contributed by atoms with Gasteiger partial charge in [-0.15, -0.1) is 0 Å². The Morgan fingerprint density at radius 1 is 1.17 bits per heavy atom. The van der Waals surface area contributed by atoms with E-state index in [2.05, 4.69) is 19.8 Å². The number of alkyl halides is 2. The van der Waals surface area contributed by atoms with Crippen LogP contribution in [0.3, 0.4) is 0 Å². The molecule has 1 fully saturated rings. The fraction of sp³-hybridized carbons (Fsp3) is 0.450. The number of hydrogen-bond acceptors (Lipinski definition) is 6. The van der Waals surface area contributed by atoms with E-state index in [0.29, 0.717) is 16.8 Å². The molecule has 4 rings (SSSR count). The first-order valence-electron chi connectivity index (χ1n) is 9.65. The number of aryl methyl sites for hydroxylation is 1. The lowest BCUT2D eigenvalue weighted by atomic mass is 10.2. The number of benzene rings is 1. The third-order valence-electron chi connectivity index (χ3n) is 5.22. The van der Waals surface area contributed by atoms with Gasteiger partial charge < -0.3 is 9.32 Å². The third-order valence-corrected chi connectivity index (χ3v) is 5.22. The van der Waals surface area contributed by atoms with Crippen molar-refractivity contribution in [1.82, 2.24) is 19.4 Å². The monoisotopic (exact) mass is 403 g/mol. The molecule has 2 aromatic heterocycles. The summed E-state index contributed by atoms with van der Waals surface area (Å²) in [6.45, 7) is 5.70. The van der Waals surface area contributed by atoms with Crippen molar-refractivity contribution in [2.24, 2.45) is 0 Å². The molecule has 9 heteroatoms. The molecule has 0 radical (unpaired) electrons. The van der Waals surface area contributed by atoms with Crippen LogP contribution in [0.4, 0.5) is 14.5 Å². The number of anilines is 1. The Morgan fingerprint density at radius 3 is 2.66 bits per heavy atom. The van der Waals surface area contributed by atoms with Crippen molar-refractivity contribution >= 4 is 16.6 Å². The first kappa shape index (κ1) is 19.5. The van der Waals surface area contributed by atoms with Gasteiger partial charge in [-0.25, -0.2) is 18.7 Å². The van der Waals surface area contributed by atoms with Gasteiger partial charge in [0.05, 0.1) is 30.0 Å². The van der Waals surface area contributed by atoms with Crippen LogP contribution in [0.1, 0.15) is 11.7 Å². The normalized spacial score (nSPS) is 15.5. The van der Waals surface area contributed by atoms with Crippen molar-refractivity contribution in [3.63, 3.8) is 0 Å². The maximum Gasteiger partial charge on any atom is 0.261 e. The summed E-state index contributed by atoms with van der Waals surface area (Å²) >= 11 is 0. The summed E-state index contributed by atoms with van der Waals surface area (Å²) in [6.07, 6.45) is 1.23. The van der Waals surface area contributed by atoms with E-state index >= 15 is 0 Å². The summed E-state index contributed by atoms with van der Waals surface area (Å²) in [4.78, 5) is 25.3. The van der Waals surface area contributed by atoms with E-state index in [1.165, 1.54) is 6.33 Å². The Balaban J connectivity index is 1.39. The number of nitrogens with zero attached hydrogens (tertiary/aromatic N) is 5. The molecule has 0 unspecified atom stereocenters. The molecule has 3 aromatic rings. The minimum Gasteiger partial charge on any atom is -0.446 e. The van der Waals surface area contributed by atoms with Crippen molar-refractivity contribution in [3.8, 4) is 0 Å². The zero-order valence-electron chi connectivity index (χ0n) is 16.2. The number of hydrogen-bond donors (Lipinski definition) is 0. The van der Waals surface area contributed by atoms with Crippen molar-refractivity contribution in [2.45, 2.75) is 26.3 Å². The first-order chi connectivity index (χ1) is 14.0. The highest BCUT2D eigenvalue weighted by atomic mass is 19.3. The molecule has 0 amide bonds. The van der Waals surface area contributed by atoms with Gasteiger partial charge in [0.25, 0.3) is 12.0 Å². The van der Waals surface area contributed by atoms with Gasteiger partial charge in [-0.2, -0.15) is 0 Å². The van der Waals surface area contributed by atoms with Crippen molar-refractivity contribution < 1.29 is 13.2 Å². The van der Waals surface area contributed by atoms with Crippen molar-refractivity contribution in [1.29, 1.82) is 0 Å². The molecule has 0 atom stereocenters. The van der Waals surface area contributed by atoms with E-state index in [0.717, 1.165) is 55.2 Å². The van der Waals surface area contributed by atoms with Gasteiger partial charge in [-0.3, -0.25) is 14.3 Å². The second-order valence-electron chi connectivity index (χ2n) is 7.22. The van der Waals surface area contributed by atoms with Crippen molar-refractivity contribution in [3.05, 3.63) is 52.7 Å². The zero-order valence-corrected chi connectivity index (χ0v) is 16.2. The molecule has 1 aliphatic heterocycles. The molecule has 29 heavy (non-hydrogen) atoms. The fourth-order valence-corrected chi connectivity index (χ4v) is 3.64. The largest absolute Gasteiger partial charge is 0.446 e. The van der Waals surface area contributed by atoms with Crippen LogP contribution in [-0.2, 0) is 13.0 Å². The average molecular weight is 403 g/mol. The van der Waals surface area contributed by atoms with Crippen LogP contribution in [0.25, 0.3) is 10.9 Å². The average Bonchev–Trinajstić information content (AvgIpc) is 3.14. The molecule has 0 spiro atoms. The van der Waals surface area contributed by atoms with E-state index < -0.39 is 18.5 Å². The van der Waals surface area contributed by atoms with Crippen molar-refractivity contribution in [2.75, 3.05) is 37.6 Å². The summed E-state index contributed by atoms with van der Waals surface area (Å²) in [7, 11) is 0. The van der Waals surface area contributed by atoms with Gasteiger partial charge in [0.2, 0.25) is 0 Å². The minimum absolute atomic E-state index is 0.359. The molecule has 0 aliphatic carbocycles. The highest BCUT2D eigenvalue weighted by Crippen LogP contribution is 2.20. The molecule has 0 saturated carbocycles. The smallest absolute Gasteiger partial charge is 0.261 e. The Bertz CT molecular complexity index is 1040. The fourth-order valence-electron chi connectivity index (χ4n) is 3.64. The van der Waals surface area contributed by atoms with Gasteiger partial charge in [0, 0.05) is 51.8 Å². The topological polar surface area (TPSA) is 67.4 Å². The standard InChI is InChI=1S/C20H23F2N5O2/c1-14-23-11-16(29-14)4-5-25-6-8-26(9-7-25)15-2-3-17-18(10-15)24-13-27(20(17)28)12-19(21)22/h2-3,10-11,13,19H,4-9,12H2,1H3. The summed E-state index contributed by atoms with van der Waals surface area (Å²) in [6, 6.07) is 5.40. The second kappa shape index (κ2) is 8.28. The van der Waals surface area contributed by atoms with Gasteiger partial charge in [-0.1, -0.05) is 0 Å². The quantitative estimate of drug-likeness (QED) is 0.629. The van der Waals surface area contributed by atoms with Crippen LogP contribution in [-0.4, -0.2) is 58.6 Å². The number of halogens is 2. The molecular weight excluding hydrogens is 380 g/mol. The molecule has 3 heterocycles. The van der Waals surface area contributed by atoms with E-state index in [1.54, 1.807) is 12.3 Å². The number of piperazine rings is 1. The SMILES string of the molecule is Cc1ncc(CCN2CCN(c3ccc4c(=O)n(CC(F)F)cnc4c3)CC2)o1. The number of oxazole rings is 1. The summed E-state index contributed by atoms with van der Waals surface area (Å²) in [5.74, 6) is 1.60. The summed E-state index contributed by atoms with van der Waals surface area (Å²) < 4.78 is 31.7. The lowest BCUT2D eigenvalue weighted by Gasteiger charge is -2.36. The van der Waals surface area contributed by atoms with Gasteiger partial charge in [0.1, 0.15) is 5.76 Å². The molecule has 1 aromatic carbocycles. The van der Waals surface area contributed by atoms with Gasteiger partial charge >= 0.3 is 0 Å². The van der Waals surface area contributed by atoms with E-state index in [1.807, 2.05) is 19.1 Å². The Kier molecular flexibility index (Phi) is 5.57. The van der Waals surface area contributed by atoms with E-state index in [-0.39, 0.29) is 0 Å². The van der Waals surface area contributed by atoms with Gasteiger partial charge in [0.15, 0.2) is 5.89 Å². The van der Waals surface area contributed by atoms with Crippen LogP contribution in [0.2, 0.25) is 0 Å². The zero-order chi connectivity index (χ0) is 20.4. The third kappa shape index (κ3) is 4.45. The highest BCUT2D eigenvalue weighted by Gasteiger charge is 2.18. The van der Waals surface area contributed by atoms with Gasteiger partial charge in [-0.05, 0) is 18.2 Å². The molecule has 0 N–H and O–H groups in total. The summed E-state index contributed by atoms with van der Waals surface area (Å²) in [5.41, 5.74) is 1.08. The summed E-state index contributed by atoms with van der Waals surface area (Å²) in [5, 5.41) is 0.359. The number of fused-ring (bicyclic) bond motifs is 1. The molecule has 154 valence electrons. The first-order valence-corrected chi connectivity index (χ1v) is 9.65. The Labute approximate surface area is 166 Å². The van der Waals surface area contributed by atoms with Crippen LogP contribution >= 0.6 is 0 Å². The molecular formula is C20H23F2N5O2. The van der Waals surface area contributed by atoms with Crippen LogP contribution in [0.5, 0.6) is 0 Å². The molecule has 1 aliphatic rings. The maximum atomic E-state index is 12.6. The molecule has 7 nitrogen and oxygen atoms in total. The molecule has 1 saturated heterocycles. The number of rotatable bonds is 6. The van der Waals surface area contributed by atoms with Crippen LogP contribution in [0, 0.1) is 6.92 Å². The number of aromatic nitrogens is 3. The predicted octanol–water partition coefficient (Wildman–Crippen LogP) is 2.32. The Hall–Kier alpha value is -2.81. The van der Waals surface area contributed by atoms with Crippen LogP contribution < -0.4 is 10.5 Å². The molecule has 0 bridgehead atoms.